The highest BCUT2D eigenvalue weighted by molar-refractivity contribution is 5.67. The summed E-state index contributed by atoms with van der Waals surface area (Å²) in [5.41, 5.74) is 2.13. The second-order valence-corrected chi connectivity index (χ2v) is 3.72. The van der Waals surface area contributed by atoms with E-state index >= 15 is 0 Å². The van der Waals surface area contributed by atoms with Crippen molar-refractivity contribution < 1.29 is 14.2 Å². The molecule has 1 radical (unpaired) electrons. The van der Waals surface area contributed by atoms with Crippen LogP contribution in [0, 0.1) is 6.42 Å². The third-order valence-corrected chi connectivity index (χ3v) is 2.50. The van der Waals surface area contributed by atoms with Crippen LogP contribution >= 0.6 is 0 Å². The number of methoxy groups -OCH3 is 1. The second kappa shape index (κ2) is 5.60. The molecule has 1 heterocycles. The van der Waals surface area contributed by atoms with Gasteiger partial charge in [0.15, 0.2) is 0 Å². The molecule has 2 aromatic rings. The molecule has 0 spiro atoms. The predicted molar refractivity (Wildman–Crippen MR) is 66.7 cm³/mol. The topological polar surface area (TPSA) is 42.4 Å². The van der Waals surface area contributed by atoms with E-state index in [2.05, 4.69) is 4.98 Å². The van der Waals surface area contributed by atoms with Crippen molar-refractivity contribution >= 4 is 0 Å². The summed E-state index contributed by atoms with van der Waals surface area (Å²) in [4.78, 5) is 4.22. The second-order valence-electron chi connectivity index (χ2n) is 3.72. The zero-order valence-corrected chi connectivity index (χ0v) is 9.88. The van der Waals surface area contributed by atoms with E-state index in [1.54, 1.807) is 19.2 Å². The van der Waals surface area contributed by atoms with Crippen molar-refractivity contribution in [1.82, 2.24) is 4.98 Å². The number of hydrogen-bond acceptors (Lipinski definition) is 3. The third-order valence-electron chi connectivity index (χ3n) is 2.50. The minimum Gasteiger partial charge on any atom is -0.496 e. The van der Waals surface area contributed by atoms with Crippen molar-refractivity contribution in [2.75, 3.05) is 7.11 Å². The average Bonchev–Trinajstić information content (AvgIpc) is 2.39. The fraction of sp³-hybridized carbons (Fsp3) is 0.143. The Bertz CT molecular complexity index is 511. The molecule has 1 unspecified atom stereocenters. The summed E-state index contributed by atoms with van der Waals surface area (Å²) in [6.07, 6.45) is 0.618. The molecular formula is C14H13FNO2. The van der Waals surface area contributed by atoms with Crippen LogP contribution in [0.4, 0.5) is 4.39 Å². The third kappa shape index (κ3) is 2.84. The maximum absolute atomic E-state index is 12.4. The number of para-hydroxylation sites is 1. The number of aromatic nitrogens is 1. The summed E-state index contributed by atoms with van der Waals surface area (Å²) in [6.45, 7) is 0. The molecule has 18 heavy (non-hydrogen) atoms. The van der Waals surface area contributed by atoms with Crippen LogP contribution in [0.15, 0.2) is 42.6 Å². The molecule has 2 rings (SSSR count). The Morgan fingerprint density at radius 2 is 2.06 bits per heavy atom. The van der Waals surface area contributed by atoms with E-state index in [1.165, 1.54) is 6.20 Å². The minimum atomic E-state index is -1.97. The molecule has 0 aliphatic rings. The largest absolute Gasteiger partial charge is 0.496 e. The van der Waals surface area contributed by atoms with E-state index in [9.17, 15) is 4.39 Å². The Labute approximate surface area is 105 Å². The summed E-state index contributed by atoms with van der Waals surface area (Å²) in [5.74, 6) is 0.729. The Morgan fingerprint density at radius 3 is 2.67 bits per heavy atom. The normalized spacial score (nSPS) is 12.2. The monoisotopic (exact) mass is 246 g/mol. The van der Waals surface area contributed by atoms with E-state index in [-0.39, 0.29) is 0 Å². The van der Waals surface area contributed by atoms with Gasteiger partial charge in [-0.25, -0.2) is 4.39 Å². The van der Waals surface area contributed by atoms with Gasteiger partial charge < -0.3 is 9.84 Å². The zero-order chi connectivity index (χ0) is 13.0. The van der Waals surface area contributed by atoms with Gasteiger partial charge in [0.2, 0.25) is 6.36 Å². The van der Waals surface area contributed by atoms with Gasteiger partial charge >= 0.3 is 0 Å². The summed E-state index contributed by atoms with van der Waals surface area (Å²) in [7, 11) is 1.60. The highest BCUT2D eigenvalue weighted by Crippen LogP contribution is 2.28. The number of rotatable bonds is 4. The van der Waals surface area contributed by atoms with E-state index in [0.717, 1.165) is 23.4 Å². The molecule has 3 nitrogen and oxygen atoms in total. The molecule has 0 saturated heterocycles. The molecule has 0 saturated carbocycles. The standard InChI is InChI=1S/C14H13FNO2/c1-18-13-5-3-2-4-11(13)12-7-6-10(9-16-12)8-14(15)17/h2-9,14,17H,1H3. The lowest BCUT2D eigenvalue weighted by Gasteiger charge is -2.08. The first kappa shape index (κ1) is 12.5. The van der Waals surface area contributed by atoms with Crippen LogP contribution in [0.1, 0.15) is 5.56 Å². The van der Waals surface area contributed by atoms with Gasteiger partial charge in [0.1, 0.15) is 5.75 Å². The number of alkyl halides is 1. The maximum Gasteiger partial charge on any atom is 0.204 e. The number of nitrogens with zero attached hydrogens (tertiary/aromatic N) is 1. The van der Waals surface area contributed by atoms with Crippen LogP contribution in [0.25, 0.3) is 11.3 Å². The van der Waals surface area contributed by atoms with Crippen molar-refractivity contribution in [3.8, 4) is 17.0 Å². The number of aliphatic hydroxyl groups is 1. The molecule has 0 aliphatic heterocycles. The first-order valence-electron chi connectivity index (χ1n) is 5.47. The van der Waals surface area contributed by atoms with Crippen molar-refractivity contribution in [3.05, 3.63) is 54.6 Å². The molecule has 1 aromatic heterocycles. The van der Waals surface area contributed by atoms with Crippen molar-refractivity contribution in [1.29, 1.82) is 0 Å². The summed E-state index contributed by atoms with van der Waals surface area (Å²) >= 11 is 0. The molecule has 1 N–H and O–H groups in total. The molecule has 0 bridgehead atoms. The number of halogens is 1. The molecule has 1 aromatic carbocycles. The van der Waals surface area contributed by atoms with Crippen LogP contribution in [-0.2, 0) is 0 Å². The molecule has 4 heteroatoms. The number of aliphatic hydroxyl groups excluding tert-OH is 1. The van der Waals surface area contributed by atoms with E-state index in [1.807, 2.05) is 24.3 Å². The maximum atomic E-state index is 12.4. The van der Waals surface area contributed by atoms with E-state index in [0.29, 0.717) is 5.56 Å². The SMILES string of the molecule is COc1ccccc1-c1ccc([CH]C(O)F)cn1. The van der Waals surface area contributed by atoms with E-state index in [4.69, 9.17) is 9.84 Å². The lowest BCUT2D eigenvalue weighted by molar-refractivity contribution is 0.0759. The molecule has 93 valence electrons. The lowest BCUT2D eigenvalue weighted by Crippen LogP contribution is -1.99. The van der Waals surface area contributed by atoms with Crippen molar-refractivity contribution in [2.45, 2.75) is 6.36 Å². The van der Waals surface area contributed by atoms with Crippen LogP contribution < -0.4 is 4.74 Å². The molecule has 0 amide bonds. The Balaban J connectivity index is 2.28. The first-order valence-corrected chi connectivity index (χ1v) is 5.47. The summed E-state index contributed by atoms with van der Waals surface area (Å²) < 4.78 is 17.6. The van der Waals surface area contributed by atoms with Gasteiger partial charge in [-0.3, -0.25) is 4.98 Å². The first-order chi connectivity index (χ1) is 8.70. The van der Waals surface area contributed by atoms with Gasteiger partial charge in [-0.15, -0.1) is 0 Å². The van der Waals surface area contributed by atoms with Gasteiger partial charge in [-0.1, -0.05) is 18.2 Å². The number of pyridine rings is 1. The van der Waals surface area contributed by atoms with Gasteiger partial charge in [0, 0.05) is 11.8 Å². The highest BCUT2D eigenvalue weighted by atomic mass is 19.1. The molecule has 1 atom stereocenters. The smallest absolute Gasteiger partial charge is 0.204 e. The molecular weight excluding hydrogens is 233 g/mol. The van der Waals surface area contributed by atoms with Gasteiger partial charge in [-0.05, 0) is 23.8 Å². The average molecular weight is 246 g/mol. The van der Waals surface area contributed by atoms with Crippen molar-refractivity contribution in [2.24, 2.45) is 0 Å². The van der Waals surface area contributed by atoms with Gasteiger partial charge in [0.05, 0.1) is 19.2 Å². The van der Waals surface area contributed by atoms with Gasteiger partial charge in [-0.2, -0.15) is 0 Å². The number of benzene rings is 1. The predicted octanol–water partition coefficient (Wildman–Crippen LogP) is 2.60. The van der Waals surface area contributed by atoms with Gasteiger partial charge in [0.25, 0.3) is 0 Å². The molecule has 0 fully saturated rings. The highest BCUT2D eigenvalue weighted by Gasteiger charge is 2.07. The van der Waals surface area contributed by atoms with Crippen LogP contribution in [0.3, 0.4) is 0 Å². The zero-order valence-electron chi connectivity index (χ0n) is 9.88. The number of ether oxygens (including phenoxy) is 1. The minimum absolute atomic E-state index is 0.531. The fourth-order valence-electron chi connectivity index (χ4n) is 1.68. The summed E-state index contributed by atoms with van der Waals surface area (Å²) in [6, 6.07) is 11.0. The van der Waals surface area contributed by atoms with Crippen molar-refractivity contribution in [3.63, 3.8) is 0 Å². The number of hydrogen-bond donors (Lipinski definition) is 1. The summed E-state index contributed by atoms with van der Waals surface area (Å²) in [5, 5.41) is 8.60. The Hall–Kier alpha value is -1.94. The van der Waals surface area contributed by atoms with E-state index < -0.39 is 6.36 Å². The fourth-order valence-corrected chi connectivity index (χ4v) is 1.68. The van der Waals surface area contributed by atoms with Crippen LogP contribution in [-0.4, -0.2) is 23.6 Å². The Kier molecular flexibility index (Phi) is 3.89. The van der Waals surface area contributed by atoms with Crippen LogP contribution in [0.2, 0.25) is 0 Å². The van der Waals surface area contributed by atoms with Crippen LogP contribution in [0.5, 0.6) is 5.75 Å². The lowest BCUT2D eigenvalue weighted by atomic mass is 10.1. The Morgan fingerprint density at radius 1 is 1.28 bits per heavy atom. The molecule has 0 aliphatic carbocycles. The quantitative estimate of drug-likeness (QED) is 0.901.